The second kappa shape index (κ2) is 10.8. The van der Waals surface area contributed by atoms with Crippen molar-refractivity contribution in [2.24, 2.45) is 0 Å². The van der Waals surface area contributed by atoms with Gasteiger partial charge in [-0.1, -0.05) is 0 Å². The number of H-pyrrole nitrogens is 1. The zero-order chi connectivity index (χ0) is 26.9. The van der Waals surface area contributed by atoms with Crippen LogP contribution in [0.5, 0.6) is 5.75 Å². The number of aliphatic hydroxyl groups excluding tert-OH is 6. The summed E-state index contributed by atoms with van der Waals surface area (Å²) in [5.41, 5.74) is 3.47. The first-order valence-corrected chi connectivity index (χ1v) is 10.6. The summed E-state index contributed by atoms with van der Waals surface area (Å²) in [6, 6.07) is 0. The van der Waals surface area contributed by atoms with Crippen LogP contribution in [0.25, 0.3) is 0 Å². The van der Waals surface area contributed by atoms with Gasteiger partial charge in [-0.05, 0) is 6.92 Å². The Kier molecular flexibility index (Phi) is 8.26. The molecule has 0 bridgehead atoms. The first kappa shape index (κ1) is 27.4. The predicted octanol–water partition coefficient (Wildman–Crippen LogP) is -5.40. The van der Waals surface area contributed by atoms with Crippen molar-refractivity contribution in [1.29, 1.82) is 0 Å². The summed E-state index contributed by atoms with van der Waals surface area (Å²) in [6.07, 6.45) is -7.60. The summed E-state index contributed by atoms with van der Waals surface area (Å²) in [7, 11) is 0. The van der Waals surface area contributed by atoms with Crippen molar-refractivity contribution in [3.8, 4) is 5.75 Å². The van der Waals surface area contributed by atoms with Gasteiger partial charge in [-0.3, -0.25) is 18.9 Å². The fraction of sp³-hybridized carbons (Fsp3) is 0.579. The van der Waals surface area contributed by atoms with E-state index in [-0.39, 0.29) is 5.82 Å². The first-order chi connectivity index (χ1) is 16.9. The zero-order valence-electron chi connectivity index (χ0n) is 18.8. The lowest BCUT2D eigenvalue weighted by Gasteiger charge is -2.17. The van der Waals surface area contributed by atoms with Gasteiger partial charge in [-0.2, -0.15) is 4.98 Å². The van der Waals surface area contributed by atoms with E-state index in [1.54, 1.807) is 6.92 Å². The molecule has 8 atom stereocenters. The Balaban J connectivity index is 0.000000201. The summed E-state index contributed by atoms with van der Waals surface area (Å²) in [6.45, 7) is 0.656. The van der Waals surface area contributed by atoms with Crippen molar-refractivity contribution < 1.29 is 45.2 Å². The molecule has 4 rings (SSSR count). The molecule has 17 heteroatoms. The second-order valence-corrected chi connectivity index (χ2v) is 8.14. The number of hydrogen-bond acceptors (Lipinski definition) is 14. The predicted molar refractivity (Wildman–Crippen MR) is 117 cm³/mol. The fourth-order valence-electron chi connectivity index (χ4n) is 3.64. The minimum atomic E-state index is -1.47. The molecule has 2 aromatic rings. The van der Waals surface area contributed by atoms with E-state index in [9.17, 15) is 39.9 Å². The molecule has 0 aliphatic carbocycles. The lowest BCUT2D eigenvalue weighted by Crippen LogP contribution is -2.37. The van der Waals surface area contributed by atoms with Crippen molar-refractivity contribution in [2.45, 2.75) is 56.0 Å². The van der Waals surface area contributed by atoms with E-state index in [4.69, 9.17) is 25.4 Å². The van der Waals surface area contributed by atoms with Crippen LogP contribution >= 0.6 is 0 Å². The second-order valence-electron chi connectivity index (χ2n) is 8.14. The van der Waals surface area contributed by atoms with Crippen LogP contribution in [0, 0.1) is 6.92 Å². The number of aromatic nitrogens is 4. The molecule has 0 saturated carbocycles. The first-order valence-electron chi connectivity index (χ1n) is 10.6. The number of nitrogens with two attached hydrogens (primary N) is 1. The van der Waals surface area contributed by atoms with Crippen molar-refractivity contribution in [3.63, 3.8) is 0 Å². The topological polar surface area (TPSA) is 276 Å². The van der Waals surface area contributed by atoms with Gasteiger partial charge in [-0.25, -0.2) is 9.59 Å². The van der Waals surface area contributed by atoms with Gasteiger partial charge in [0.25, 0.3) is 5.56 Å². The van der Waals surface area contributed by atoms with Crippen molar-refractivity contribution in [2.75, 3.05) is 18.9 Å². The Morgan fingerprint density at radius 1 is 0.917 bits per heavy atom. The van der Waals surface area contributed by atoms with Gasteiger partial charge in [-0.15, -0.1) is 0 Å². The summed E-state index contributed by atoms with van der Waals surface area (Å²) in [4.78, 5) is 39.5. The van der Waals surface area contributed by atoms with Crippen LogP contribution in [0.1, 0.15) is 18.0 Å². The molecule has 4 heterocycles. The maximum absolute atomic E-state index is 11.7. The molecule has 10 N–H and O–H groups in total. The number of aliphatic hydroxyl groups is 6. The minimum Gasteiger partial charge on any atom is -0.502 e. The minimum absolute atomic E-state index is 0.1000. The van der Waals surface area contributed by atoms with E-state index in [0.29, 0.717) is 5.56 Å². The molecule has 0 aromatic carbocycles. The number of aromatic amines is 1. The van der Waals surface area contributed by atoms with E-state index in [0.717, 1.165) is 15.3 Å². The highest BCUT2D eigenvalue weighted by atomic mass is 16.6. The molecule has 0 unspecified atom stereocenters. The maximum Gasteiger partial charge on any atom is 0.351 e. The van der Waals surface area contributed by atoms with Crippen molar-refractivity contribution in [3.05, 3.63) is 49.3 Å². The van der Waals surface area contributed by atoms with Crippen LogP contribution in [0.4, 0.5) is 5.82 Å². The molecule has 0 spiro atoms. The SMILES string of the molecule is Cc1cn([C@@H]2O[C@H](CO)[C@@H](O)[C@H]2O)c(=O)nc1N.O=c1[nH]c(=O)n([C@@H]2O[C@H](CO)[C@@H](O)[C@H]2O)cc1O. The molecule has 0 radical (unpaired) electrons. The number of ether oxygens (including phenoxy) is 2. The van der Waals surface area contributed by atoms with Gasteiger partial charge in [0.05, 0.1) is 19.4 Å². The van der Waals surface area contributed by atoms with Crippen LogP contribution < -0.4 is 22.7 Å². The quantitative estimate of drug-likeness (QED) is 0.183. The van der Waals surface area contributed by atoms with Crippen LogP contribution in [0.3, 0.4) is 0 Å². The average Bonchev–Trinajstić information content (AvgIpc) is 3.29. The Labute approximate surface area is 200 Å². The largest absolute Gasteiger partial charge is 0.502 e. The van der Waals surface area contributed by atoms with Crippen LogP contribution in [-0.4, -0.2) is 105 Å². The number of anilines is 1. The molecule has 2 aliphatic rings. The summed E-state index contributed by atoms with van der Waals surface area (Å²) in [5.74, 6) is -0.629. The third kappa shape index (κ3) is 5.18. The number of nitrogens with one attached hydrogen (secondary N) is 1. The van der Waals surface area contributed by atoms with Crippen LogP contribution in [0.15, 0.2) is 26.8 Å². The molecular weight excluding hydrogens is 490 g/mol. The molecule has 2 aromatic heterocycles. The highest BCUT2D eigenvalue weighted by Crippen LogP contribution is 2.29. The lowest BCUT2D eigenvalue weighted by molar-refractivity contribution is -0.0552. The van der Waals surface area contributed by atoms with Crippen LogP contribution in [0.2, 0.25) is 0 Å². The normalized spacial score (nSPS) is 31.8. The van der Waals surface area contributed by atoms with E-state index in [1.165, 1.54) is 6.20 Å². The van der Waals surface area contributed by atoms with Gasteiger partial charge in [0.1, 0.15) is 42.4 Å². The Morgan fingerprint density at radius 3 is 1.89 bits per heavy atom. The number of nitrogens with zero attached hydrogens (tertiary/aromatic N) is 3. The zero-order valence-corrected chi connectivity index (χ0v) is 18.8. The Morgan fingerprint density at radius 2 is 1.42 bits per heavy atom. The van der Waals surface area contributed by atoms with Crippen molar-refractivity contribution >= 4 is 5.82 Å². The molecule has 2 saturated heterocycles. The molecule has 36 heavy (non-hydrogen) atoms. The van der Waals surface area contributed by atoms with E-state index in [2.05, 4.69) is 4.98 Å². The molecular formula is C19H27N5O12. The molecule has 2 fully saturated rings. The molecule has 0 amide bonds. The standard InChI is InChI=1S/C10H15N3O5.C9H12N2O7/c1-4-2-13(10(17)12-8(4)11)9-7(16)6(15)5(3-14)18-9;12-2-4-5(14)6(15)8(18-4)11-1-3(13)7(16)10-9(11)17/h2,5-7,9,14-16H,3H2,1H3,(H2,11,12,17);1,4-6,8,12-15H,2H2,(H,10,16,17)/t5-,6-,7-,9-;4-,5-,6-,8-/m11/s1. The number of aromatic hydroxyl groups is 1. The maximum atomic E-state index is 11.7. The number of nitrogen functional groups attached to an aromatic ring is 1. The van der Waals surface area contributed by atoms with Gasteiger partial charge >= 0.3 is 11.4 Å². The number of aryl methyl sites for hydroxylation is 1. The number of hydrogen-bond donors (Lipinski definition) is 9. The third-order valence-corrected chi connectivity index (χ3v) is 5.71. The Bertz CT molecular complexity index is 1240. The summed E-state index contributed by atoms with van der Waals surface area (Å²) >= 11 is 0. The van der Waals surface area contributed by atoms with Gasteiger partial charge < -0.3 is 51.0 Å². The number of rotatable bonds is 4. The average molecular weight is 517 g/mol. The molecule has 17 nitrogen and oxygen atoms in total. The highest BCUT2D eigenvalue weighted by Gasteiger charge is 2.44. The Hall–Kier alpha value is -3.16. The van der Waals surface area contributed by atoms with Gasteiger partial charge in [0, 0.05) is 11.8 Å². The molecule has 2 aliphatic heterocycles. The smallest absolute Gasteiger partial charge is 0.351 e. The summed E-state index contributed by atoms with van der Waals surface area (Å²) < 4.78 is 12.1. The van der Waals surface area contributed by atoms with E-state index in [1.807, 2.05) is 4.98 Å². The third-order valence-electron chi connectivity index (χ3n) is 5.71. The van der Waals surface area contributed by atoms with E-state index < -0.39 is 85.0 Å². The highest BCUT2D eigenvalue weighted by molar-refractivity contribution is 5.35. The van der Waals surface area contributed by atoms with Crippen molar-refractivity contribution in [1.82, 2.24) is 19.1 Å². The van der Waals surface area contributed by atoms with Crippen LogP contribution in [-0.2, 0) is 9.47 Å². The van der Waals surface area contributed by atoms with Gasteiger partial charge in [0.15, 0.2) is 18.2 Å². The van der Waals surface area contributed by atoms with E-state index >= 15 is 0 Å². The fourth-order valence-corrected chi connectivity index (χ4v) is 3.64. The monoisotopic (exact) mass is 517 g/mol. The van der Waals surface area contributed by atoms with Gasteiger partial charge in [0.2, 0.25) is 0 Å². The molecule has 200 valence electrons. The summed E-state index contributed by atoms with van der Waals surface area (Å²) in [5, 5.41) is 65.7. The lowest BCUT2D eigenvalue weighted by atomic mass is 10.1.